The third-order valence-corrected chi connectivity index (χ3v) is 7.37. The molecular formula is C25H29ClN4O2S. The van der Waals surface area contributed by atoms with E-state index in [4.69, 9.17) is 16.3 Å². The molecule has 6 nitrogen and oxygen atoms in total. The minimum atomic E-state index is -0.246. The average Bonchev–Trinajstić information content (AvgIpc) is 3.37. The Hall–Kier alpha value is -2.64. The van der Waals surface area contributed by atoms with Crippen molar-refractivity contribution in [3.8, 4) is 0 Å². The van der Waals surface area contributed by atoms with Gasteiger partial charge in [0.1, 0.15) is 0 Å². The summed E-state index contributed by atoms with van der Waals surface area (Å²) in [6, 6.07) is 16.9. The van der Waals surface area contributed by atoms with Gasteiger partial charge in [0, 0.05) is 66.0 Å². The van der Waals surface area contributed by atoms with Crippen LogP contribution in [0.15, 0.2) is 72.1 Å². The number of thioether (sulfide) groups is 1. The quantitative estimate of drug-likeness (QED) is 0.410. The van der Waals surface area contributed by atoms with E-state index in [0.29, 0.717) is 18.3 Å². The second kappa shape index (κ2) is 11.5. The fraction of sp³-hybridized carbons (Fsp3) is 0.360. The maximum Gasteiger partial charge on any atom is 0.409 e. The number of aromatic nitrogens is 2. The molecule has 33 heavy (non-hydrogen) atoms. The predicted octanol–water partition coefficient (Wildman–Crippen LogP) is 5.22. The van der Waals surface area contributed by atoms with Gasteiger partial charge in [-0.25, -0.2) is 9.78 Å². The molecule has 1 amide bonds. The number of piperazine rings is 1. The van der Waals surface area contributed by atoms with Crippen molar-refractivity contribution in [2.75, 3.05) is 38.2 Å². The summed E-state index contributed by atoms with van der Waals surface area (Å²) in [5, 5.41) is 1.19. The van der Waals surface area contributed by atoms with Crippen molar-refractivity contribution >= 4 is 35.1 Å². The monoisotopic (exact) mass is 484 g/mol. The van der Waals surface area contributed by atoms with Crippen LogP contribution in [0.5, 0.6) is 0 Å². The molecule has 4 rings (SSSR count). The predicted molar refractivity (Wildman–Crippen MR) is 134 cm³/mol. The Bertz CT molecular complexity index is 1000. The van der Waals surface area contributed by atoms with Crippen molar-refractivity contribution < 1.29 is 9.53 Å². The molecule has 0 bridgehead atoms. The van der Waals surface area contributed by atoms with Crippen LogP contribution < -0.4 is 4.90 Å². The minimum Gasteiger partial charge on any atom is -0.453 e. The van der Waals surface area contributed by atoms with Crippen molar-refractivity contribution in [3.63, 3.8) is 0 Å². The number of hydrogen-bond acceptors (Lipinski definition) is 5. The number of rotatable bonds is 8. The Morgan fingerprint density at radius 3 is 2.45 bits per heavy atom. The van der Waals surface area contributed by atoms with E-state index < -0.39 is 0 Å². The number of halogens is 1. The summed E-state index contributed by atoms with van der Waals surface area (Å²) in [6.45, 7) is 3.90. The first-order valence-corrected chi connectivity index (χ1v) is 12.4. The molecule has 1 unspecified atom stereocenters. The van der Waals surface area contributed by atoms with Gasteiger partial charge in [0.15, 0.2) is 0 Å². The van der Waals surface area contributed by atoms with Crippen LogP contribution in [0.1, 0.15) is 12.0 Å². The number of methoxy groups -OCH3 is 1. The summed E-state index contributed by atoms with van der Waals surface area (Å²) >= 11 is 7.94. The largest absolute Gasteiger partial charge is 0.453 e. The van der Waals surface area contributed by atoms with E-state index in [9.17, 15) is 4.79 Å². The van der Waals surface area contributed by atoms with Gasteiger partial charge >= 0.3 is 6.09 Å². The van der Waals surface area contributed by atoms with Gasteiger partial charge in [-0.2, -0.15) is 0 Å². The molecule has 3 aromatic rings. The van der Waals surface area contributed by atoms with Crippen LogP contribution in [0.25, 0.3) is 0 Å². The van der Waals surface area contributed by atoms with Crippen LogP contribution >= 0.6 is 23.4 Å². The standard InChI is InChI=1S/C25H29ClN4O2S/c1-32-25(31)30-16-14-29(15-17-30)22-7-10-23(11-8-22)33-24(18-28-13-12-27-19-28)9-4-20-2-5-21(26)6-3-20/h2-3,5-8,10-13,19,24H,4,9,14-18H2,1H3. The van der Waals surface area contributed by atoms with Gasteiger partial charge in [0.2, 0.25) is 0 Å². The smallest absolute Gasteiger partial charge is 0.409 e. The topological polar surface area (TPSA) is 50.6 Å². The van der Waals surface area contributed by atoms with E-state index >= 15 is 0 Å². The summed E-state index contributed by atoms with van der Waals surface area (Å²) in [5.74, 6) is 0. The summed E-state index contributed by atoms with van der Waals surface area (Å²) < 4.78 is 6.98. The SMILES string of the molecule is COC(=O)N1CCN(c2ccc(SC(CCc3ccc(Cl)cc3)Cn3ccnc3)cc2)CC1. The van der Waals surface area contributed by atoms with E-state index in [1.54, 1.807) is 4.90 Å². The van der Waals surface area contributed by atoms with E-state index in [2.05, 4.69) is 50.8 Å². The molecule has 1 aromatic heterocycles. The zero-order chi connectivity index (χ0) is 23.0. The maximum atomic E-state index is 11.7. The highest BCUT2D eigenvalue weighted by Gasteiger charge is 2.21. The first kappa shape index (κ1) is 23.5. The van der Waals surface area contributed by atoms with Crippen LogP contribution in [0.4, 0.5) is 10.5 Å². The number of anilines is 1. The molecule has 0 radical (unpaired) electrons. The Morgan fingerprint density at radius 1 is 1.09 bits per heavy atom. The van der Waals surface area contributed by atoms with Crippen LogP contribution in [0.2, 0.25) is 5.02 Å². The number of amides is 1. The molecule has 1 atom stereocenters. The Labute approximate surface area is 204 Å². The zero-order valence-electron chi connectivity index (χ0n) is 18.8. The minimum absolute atomic E-state index is 0.246. The van der Waals surface area contributed by atoms with Crippen LogP contribution in [-0.4, -0.2) is 59.1 Å². The van der Waals surface area contributed by atoms with Crippen molar-refractivity contribution in [3.05, 3.63) is 77.8 Å². The Balaban J connectivity index is 1.36. The van der Waals surface area contributed by atoms with Crippen LogP contribution in [-0.2, 0) is 17.7 Å². The third kappa shape index (κ3) is 6.68. The maximum absolute atomic E-state index is 11.7. The van der Waals surface area contributed by atoms with Gasteiger partial charge in [-0.05, 0) is 54.8 Å². The second-order valence-corrected chi connectivity index (χ2v) is 9.91. The molecule has 0 N–H and O–H groups in total. The number of hydrogen-bond donors (Lipinski definition) is 0. The van der Waals surface area contributed by atoms with Crippen molar-refractivity contribution in [2.45, 2.75) is 29.5 Å². The first-order valence-electron chi connectivity index (χ1n) is 11.2. The van der Waals surface area contributed by atoms with Crippen LogP contribution in [0, 0.1) is 0 Å². The average molecular weight is 485 g/mol. The van der Waals surface area contributed by atoms with Gasteiger partial charge in [-0.3, -0.25) is 0 Å². The molecule has 0 spiro atoms. The Morgan fingerprint density at radius 2 is 1.82 bits per heavy atom. The highest BCUT2D eigenvalue weighted by Crippen LogP contribution is 2.30. The second-order valence-electron chi connectivity index (χ2n) is 8.10. The number of benzene rings is 2. The number of ether oxygens (including phenoxy) is 1. The molecule has 8 heteroatoms. The highest BCUT2D eigenvalue weighted by atomic mass is 35.5. The lowest BCUT2D eigenvalue weighted by Gasteiger charge is -2.35. The first-order chi connectivity index (χ1) is 16.1. The molecule has 174 valence electrons. The van der Waals surface area contributed by atoms with Crippen LogP contribution in [0.3, 0.4) is 0 Å². The lowest BCUT2D eigenvalue weighted by Crippen LogP contribution is -2.48. The van der Waals surface area contributed by atoms with Crippen molar-refractivity contribution in [1.82, 2.24) is 14.5 Å². The van der Waals surface area contributed by atoms with E-state index in [1.165, 1.54) is 23.3 Å². The van der Waals surface area contributed by atoms with Crippen molar-refractivity contribution in [1.29, 1.82) is 0 Å². The normalized spacial score (nSPS) is 14.8. The summed E-state index contributed by atoms with van der Waals surface area (Å²) in [4.78, 5) is 21.2. The number of carbonyl (C=O) groups is 1. The molecule has 1 aliphatic heterocycles. The molecule has 2 heterocycles. The zero-order valence-corrected chi connectivity index (χ0v) is 20.3. The summed E-state index contributed by atoms with van der Waals surface area (Å²) in [7, 11) is 1.43. The van der Waals surface area contributed by atoms with Gasteiger partial charge < -0.3 is 19.1 Å². The van der Waals surface area contributed by atoms with E-state index in [0.717, 1.165) is 37.5 Å². The number of imidazole rings is 1. The molecule has 0 saturated carbocycles. The van der Waals surface area contributed by atoms with Gasteiger partial charge in [0.05, 0.1) is 13.4 Å². The number of carbonyl (C=O) groups excluding carboxylic acids is 1. The number of nitrogens with zero attached hydrogens (tertiary/aromatic N) is 4. The van der Waals surface area contributed by atoms with Gasteiger partial charge in [-0.15, -0.1) is 11.8 Å². The lowest BCUT2D eigenvalue weighted by molar-refractivity contribution is 0.121. The van der Waals surface area contributed by atoms with Gasteiger partial charge in [0.25, 0.3) is 0 Å². The number of aryl methyl sites for hydroxylation is 1. The Kier molecular flexibility index (Phi) is 8.18. The van der Waals surface area contributed by atoms with Gasteiger partial charge in [-0.1, -0.05) is 23.7 Å². The fourth-order valence-corrected chi connectivity index (χ4v) is 5.29. The summed E-state index contributed by atoms with van der Waals surface area (Å²) in [6.07, 6.45) is 7.55. The summed E-state index contributed by atoms with van der Waals surface area (Å²) in [5.41, 5.74) is 2.49. The van der Waals surface area contributed by atoms with E-state index in [-0.39, 0.29) is 6.09 Å². The van der Waals surface area contributed by atoms with Crippen molar-refractivity contribution in [2.24, 2.45) is 0 Å². The molecular weight excluding hydrogens is 456 g/mol. The molecule has 0 aliphatic carbocycles. The lowest BCUT2D eigenvalue weighted by atomic mass is 10.1. The van der Waals surface area contributed by atoms with E-state index in [1.807, 2.05) is 42.6 Å². The molecule has 1 aliphatic rings. The fourth-order valence-electron chi connectivity index (χ4n) is 4.00. The molecule has 2 aromatic carbocycles. The highest BCUT2D eigenvalue weighted by molar-refractivity contribution is 8.00. The molecule has 1 saturated heterocycles. The third-order valence-electron chi connectivity index (χ3n) is 5.86. The molecule has 1 fully saturated rings.